The van der Waals surface area contributed by atoms with Gasteiger partial charge < -0.3 is 15.0 Å². The number of halogens is 1. The summed E-state index contributed by atoms with van der Waals surface area (Å²) in [7, 11) is 0. The van der Waals surface area contributed by atoms with Crippen LogP contribution >= 0.6 is 22.6 Å². The molecule has 1 aromatic carbocycles. The number of hydrogen-bond donors (Lipinski definition) is 1. The molecule has 2 atom stereocenters. The number of urea groups is 1. The van der Waals surface area contributed by atoms with E-state index in [2.05, 4.69) is 46.7 Å². The Balaban J connectivity index is 1.43. The SMILES string of the molecule is CC1CN(CC2CCN(C(=O)Nc3ccc(I)cc3)CC2)CC(C)O1. The van der Waals surface area contributed by atoms with E-state index in [1.807, 2.05) is 29.2 Å². The number of morpholine rings is 1. The van der Waals surface area contributed by atoms with E-state index in [4.69, 9.17) is 4.74 Å². The molecule has 0 aromatic heterocycles. The molecule has 0 radical (unpaired) electrons. The molecule has 2 unspecified atom stereocenters. The van der Waals surface area contributed by atoms with Crippen LogP contribution in [0.25, 0.3) is 0 Å². The van der Waals surface area contributed by atoms with Gasteiger partial charge in [-0.1, -0.05) is 0 Å². The number of nitrogens with zero attached hydrogens (tertiary/aromatic N) is 2. The molecule has 138 valence electrons. The Morgan fingerprint density at radius 2 is 1.76 bits per heavy atom. The van der Waals surface area contributed by atoms with Crippen LogP contribution in [0.4, 0.5) is 10.5 Å². The molecule has 2 amide bonds. The number of likely N-dealkylation sites (tertiary alicyclic amines) is 1. The van der Waals surface area contributed by atoms with Crippen LogP contribution in [0.5, 0.6) is 0 Å². The van der Waals surface area contributed by atoms with E-state index in [9.17, 15) is 4.79 Å². The molecule has 6 heteroatoms. The summed E-state index contributed by atoms with van der Waals surface area (Å²) < 4.78 is 6.98. The Bertz CT molecular complexity index is 563. The van der Waals surface area contributed by atoms with Crippen molar-refractivity contribution < 1.29 is 9.53 Å². The molecule has 25 heavy (non-hydrogen) atoms. The Hall–Kier alpha value is -0.860. The van der Waals surface area contributed by atoms with Crippen LogP contribution in [0.3, 0.4) is 0 Å². The Morgan fingerprint density at radius 3 is 2.36 bits per heavy atom. The normalized spacial score (nSPS) is 25.8. The van der Waals surface area contributed by atoms with Gasteiger partial charge in [0.25, 0.3) is 0 Å². The summed E-state index contributed by atoms with van der Waals surface area (Å²) in [5, 5.41) is 3.00. The number of anilines is 1. The molecule has 3 rings (SSSR count). The maximum absolute atomic E-state index is 12.4. The smallest absolute Gasteiger partial charge is 0.321 e. The van der Waals surface area contributed by atoms with Crippen molar-refractivity contribution in [2.75, 3.05) is 38.0 Å². The Kier molecular flexibility index (Phi) is 6.57. The van der Waals surface area contributed by atoms with Crippen LogP contribution in [0.2, 0.25) is 0 Å². The van der Waals surface area contributed by atoms with Gasteiger partial charge in [-0.2, -0.15) is 0 Å². The Labute approximate surface area is 164 Å². The standard InChI is InChI=1S/C19H28IN3O2/c1-14-11-22(12-15(2)25-14)13-16-7-9-23(10-8-16)19(24)21-18-5-3-17(20)4-6-18/h3-6,14-16H,7-13H2,1-2H3,(H,21,24). The first kappa shape index (κ1) is 18.9. The Morgan fingerprint density at radius 1 is 1.16 bits per heavy atom. The molecule has 1 aromatic rings. The van der Waals surface area contributed by atoms with Gasteiger partial charge in [-0.25, -0.2) is 4.79 Å². The van der Waals surface area contributed by atoms with E-state index >= 15 is 0 Å². The average Bonchev–Trinajstić information content (AvgIpc) is 2.56. The van der Waals surface area contributed by atoms with Crippen LogP contribution in [0, 0.1) is 9.49 Å². The molecule has 1 N–H and O–H groups in total. The number of ether oxygens (including phenoxy) is 1. The van der Waals surface area contributed by atoms with Crippen molar-refractivity contribution in [2.24, 2.45) is 5.92 Å². The van der Waals surface area contributed by atoms with Gasteiger partial charge in [0.05, 0.1) is 12.2 Å². The lowest BCUT2D eigenvalue weighted by atomic mass is 9.96. The minimum atomic E-state index is 0.0216. The number of hydrogen-bond acceptors (Lipinski definition) is 3. The van der Waals surface area contributed by atoms with Crippen molar-refractivity contribution in [3.63, 3.8) is 0 Å². The summed E-state index contributed by atoms with van der Waals surface area (Å²) in [6.45, 7) is 9.17. The maximum Gasteiger partial charge on any atom is 0.321 e. The number of rotatable bonds is 3. The van der Waals surface area contributed by atoms with E-state index in [0.29, 0.717) is 18.1 Å². The van der Waals surface area contributed by atoms with Gasteiger partial charge in [-0.05, 0) is 79.5 Å². The minimum absolute atomic E-state index is 0.0216. The quantitative estimate of drug-likeness (QED) is 0.706. The summed E-state index contributed by atoms with van der Waals surface area (Å²) in [4.78, 5) is 16.9. The molecule has 2 heterocycles. The highest BCUT2D eigenvalue weighted by molar-refractivity contribution is 14.1. The van der Waals surface area contributed by atoms with Crippen molar-refractivity contribution in [3.05, 3.63) is 27.8 Å². The lowest BCUT2D eigenvalue weighted by Crippen LogP contribution is -2.49. The van der Waals surface area contributed by atoms with Crippen molar-refractivity contribution in [1.29, 1.82) is 0 Å². The van der Waals surface area contributed by atoms with E-state index in [0.717, 1.165) is 51.3 Å². The van der Waals surface area contributed by atoms with E-state index in [1.165, 1.54) is 3.57 Å². The highest BCUT2D eigenvalue weighted by Crippen LogP contribution is 2.21. The molecule has 0 aliphatic carbocycles. The number of carbonyl (C=O) groups excluding carboxylic acids is 1. The van der Waals surface area contributed by atoms with E-state index < -0.39 is 0 Å². The highest BCUT2D eigenvalue weighted by atomic mass is 127. The topological polar surface area (TPSA) is 44.8 Å². The summed E-state index contributed by atoms with van der Waals surface area (Å²) in [5.74, 6) is 0.680. The molecular weight excluding hydrogens is 429 g/mol. The first-order valence-corrected chi connectivity index (χ1v) is 10.3. The van der Waals surface area contributed by atoms with Crippen molar-refractivity contribution >= 4 is 34.3 Å². The third-order valence-corrected chi connectivity index (χ3v) is 5.73. The molecule has 5 nitrogen and oxygen atoms in total. The first-order chi connectivity index (χ1) is 12.0. The number of benzene rings is 1. The number of amides is 2. The van der Waals surface area contributed by atoms with Crippen molar-refractivity contribution in [3.8, 4) is 0 Å². The lowest BCUT2D eigenvalue weighted by molar-refractivity contribution is -0.0728. The predicted octanol–water partition coefficient (Wildman–Crippen LogP) is 3.64. The fourth-order valence-electron chi connectivity index (χ4n) is 3.85. The fourth-order valence-corrected chi connectivity index (χ4v) is 4.21. The largest absolute Gasteiger partial charge is 0.373 e. The minimum Gasteiger partial charge on any atom is -0.373 e. The van der Waals surface area contributed by atoms with Crippen molar-refractivity contribution in [2.45, 2.75) is 38.9 Å². The molecule has 2 aliphatic rings. The lowest BCUT2D eigenvalue weighted by Gasteiger charge is -2.39. The van der Waals surface area contributed by atoms with Crippen LogP contribution in [0.1, 0.15) is 26.7 Å². The monoisotopic (exact) mass is 457 g/mol. The molecule has 0 saturated carbocycles. The number of nitrogens with one attached hydrogen (secondary N) is 1. The van der Waals surface area contributed by atoms with Gasteiger partial charge >= 0.3 is 6.03 Å². The second kappa shape index (κ2) is 8.68. The van der Waals surface area contributed by atoms with Crippen LogP contribution < -0.4 is 5.32 Å². The van der Waals surface area contributed by atoms with Gasteiger partial charge in [0.2, 0.25) is 0 Å². The summed E-state index contributed by atoms with van der Waals surface area (Å²) in [6, 6.07) is 7.94. The van der Waals surface area contributed by atoms with Gasteiger partial charge in [0.1, 0.15) is 0 Å². The number of carbonyl (C=O) groups is 1. The highest BCUT2D eigenvalue weighted by Gasteiger charge is 2.27. The van der Waals surface area contributed by atoms with Crippen LogP contribution in [-0.2, 0) is 4.74 Å². The third-order valence-electron chi connectivity index (χ3n) is 5.01. The van der Waals surface area contributed by atoms with Gasteiger partial charge in [-0.15, -0.1) is 0 Å². The fraction of sp³-hybridized carbons (Fsp3) is 0.632. The second-order valence-corrected chi connectivity index (χ2v) is 8.59. The molecule has 0 spiro atoms. The molecule has 2 aliphatic heterocycles. The third kappa shape index (κ3) is 5.56. The van der Waals surface area contributed by atoms with Gasteiger partial charge in [0, 0.05) is 42.0 Å². The van der Waals surface area contributed by atoms with E-state index in [-0.39, 0.29) is 6.03 Å². The molecule has 2 fully saturated rings. The molecule has 2 saturated heterocycles. The van der Waals surface area contributed by atoms with Crippen LogP contribution in [-0.4, -0.2) is 60.8 Å². The zero-order valence-electron chi connectivity index (χ0n) is 15.1. The second-order valence-electron chi connectivity index (χ2n) is 7.34. The predicted molar refractivity (Wildman–Crippen MR) is 109 cm³/mol. The molecular formula is C19H28IN3O2. The van der Waals surface area contributed by atoms with Gasteiger partial charge in [0.15, 0.2) is 0 Å². The summed E-state index contributed by atoms with van der Waals surface area (Å²) >= 11 is 2.27. The van der Waals surface area contributed by atoms with Crippen LogP contribution in [0.15, 0.2) is 24.3 Å². The maximum atomic E-state index is 12.4. The molecule has 0 bridgehead atoms. The zero-order chi connectivity index (χ0) is 17.8. The summed E-state index contributed by atoms with van der Waals surface area (Å²) in [5.41, 5.74) is 0.865. The van der Waals surface area contributed by atoms with E-state index in [1.54, 1.807) is 0 Å². The number of piperidine rings is 1. The average molecular weight is 457 g/mol. The van der Waals surface area contributed by atoms with Gasteiger partial charge in [-0.3, -0.25) is 4.90 Å². The first-order valence-electron chi connectivity index (χ1n) is 9.19. The van der Waals surface area contributed by atoms with Crippen molar-refractivity contribution in [1.82, 2.24) is 9.80 Å². The summed E-state index contributed by atoms with van der Waals surface area (Å²) in [6.07, 6.45) is 2.81. The zero-order valence-corrected chi connectivity index (χ0v) is 17.2.